The number of thiophene rings is 1. The summed E-state index contributed by atoms with van der Waals surface area (Å²) in [7, 11) is 1.70. The molecule has 0 atom stereocenters. The summed E-state index contributed by atoms with van der Waals surface area (Å²) in [6, 6.07) is 2.12. The second kappa shape index (κ2) is 11.3. The van der Waals surface area contributed by atoms with E-state index in [1.54, 1.807) is 18.4 Å². The molecule has 1 aliphatic rings. The van der Waals surface area contributed by atoms with Gasteiger partial charge in [0.15, 0.2) is 5.96 Å². The molecule has 0 aromatic carbocycles. The van der Waals surface area contributed by atoms with Gasteiger partial charge >= 0.3 is 0 Å². The van der Waals surface area contributed by atoms with Crippen LogP contribution >= 0.6 is 51.2 Å². The molecule has 2 heterocycles. The molecule has 1 fully saturated rings. The van der Waals surface area contributed by atoms with Crippen LogP contribution in [0.4, 0.5) is 0 Å². The van der Waals surface area contributed by atoms with Gasteiger partial charge in [-0.1, -0.05) is 0 Å². The average Bonchev–Trinajstić information content (AvgIpc) is 2.97. The van der Waals surface area contributed by atoms with Crippen molar-refractivity contribution in [3.05, 3.63) is 20.8 Å². The summed E-state index contributed by atoms with van der Waals surface area (Å²) in [6.07, 6.45) is 2.73. The fourth-order valence-corrected chi connectivity index (χ4v) is 4.10. The maximum atomic E-state index is 11.5. The lowest BCUT2D eigenvalue weighted by Gasteiger charge is -2.34. The summed E-state index contributed by atoms with van der Waals surface area (Å²) < 4.78 is 1.12. The number of hydrogen-bond acceptors (Lipinski definition) is 3. The van der Waals surface area contributed by atoms with Crippen LogP contribution in [-0.2, 0) is 11.3 Å². The van der Waals surface area contributed by atoms with Gasteiger partial charge in [-0.25, -0.2) is 4.99 Å². The van der Waals surface area contributed by atoms with E-state index in [9.17, 15) is 4.79 Å². The molecular weight excluding hydrogens is 503 g/mol. The Hall–Kier alpha value is -0.350. The predicted molar refractivity (Wildman–Crippen MR) is 115 cm³/mol. The number of aliphatic imine (C=N–C) groups is 1. The van der Waals surface area contributed by atoms with Crippen molar-refractivity contribution in [1.82, 2.24) is 15.5 Å². The fourth-order valence-electron chi connectivity index (χ4n) is 2.73. The van der Waals surface area contributed by atoms with Crippen LogP contribution in [0, 0.1) is 5.92 Å². The molecule has 5 nitrogen and oxygen atoms in total. The van der Waals surface area contributed by atoms with Gasteiger partial charge in [0, 0.05) is 47.8 Å². The number of nitrogens with one attached hydrogen (secondary N) is 2. The van der Waals surface area contributed by atoms with Gasteiger partial charge < -0.3 is 15.5 Å². The molecule has 0 saturated carbocycles. The molecule has 0 radical (unpaired) electrons. The normalized spacial score (nSPS) is 15.8. The van der Waals surface area contributed by atoms with E-state index in [2.05, 4.69) is 49.8 Å². The number of halogens is 2. The Balaban J connectivity index is 0.00000288. The number of hydrogen-bond donors (Lipinski definition) is 2. The third kappa shape index (κ3) is 6.87. The van der Waals surface area contributed by atoms with E-state index in [1.807, 2.05) is 0 Å². The van der Waals surface area contributed by atoms with Gasteiger partial charge in [0.2, 0.25) is 5.91 Å². The van der Waals surface area contributed by atoms with Crippen LogP contribution in [0.25, 0.3) is 0 Å². The summed E-state index contributed by atoms with van der Waals surface area (Å²) >= 11 is 5.20. The van der Waals surface area contributed by atoms with Gasteiger partial charge in [0.1, 0.15) is 0 Å². The number of carbonyl (C=O) groups is 1. The summed E-state index contributed by atoms with van der Waals surface area (Å²) in [5.41, 5.74) is 0. The van der Waals surface area contributed by atoms with Gasteiger partial charge in [-0.2, -0.15) is 0 Å². The van der Waals surface area contributed by atoms with Crippen molar-refractivity contribution in [3.63, 3.8) is 0 Å². The number of piperidine rings is 1. The third-order valence-electron chi connectivity index (χ3n) is 4.01. The summed E-state index contributed by atoms with van der Waals surface area (Å²) in [4.78, 5) is 19.8. The molecule has 1 amide bonds. The molecular formula is C16H26BrIN4OS. The van der Waals surface area contributed by atoms with Crippen LogP contribution in [0.15, 0.2) is 20.9 Å². The van der Waals surface area contributed by atoms with Crippen molar-refractivity contribution in [2.75, 3.05) is 26.7 Å². The van der Waals surface area contributed by atoms with Crippen LogP contribution in [0.2, 0.25) is 0 Å². The van der Waals surface area contributed by atoms with Crippen molar-refractivity contribution in [2.45, 2.75) is 32.7 Å². The standard InChI is InChI=1S/C16H25BrN4OS.HI/c1-3-19-16(20-10-14-9-13(17)11-23-14)21-6-4-12(5-7-21)8-15(22)18-2;/h9,11-12H,3-8,10H2,1-2H3,(H,18,22)(H,19,20);1H. The van der Waals surface area contributed by atoms with Crippen molar-refractivity contribution in [3.8, 4) is 0 Å². The van der Waals surface area contributed by atoms with Crippen LogP contribution in [0.5, 0.6) is 0 Å². The van der Waals surface area contributed by atoms with Crippen LogP contribution in [0.1, 0.15) is 31.1 Å². The lowest BCUT2D eigenvalue weighted by Crippen LogP contribution is -2.46. The Morgan fingerprint density at radius 1 is 1.46 bits per heavy atom. The first-order valence-corrected chi connectivity index (χ1v) is 9.76. The van der Waals surface area contributed by atoms with Crippen molar-refractivity contribution >= 4 is 63.1 Å². The van der Waals surface area contributed by atoms with Crippen molar-refractivity contribution in [2.24, 2.45) is 10.9 Å². The highest BCUT2D eigenvalue weighted by Gasteiger charge is 2.23. The Kier molecular flexibility index (Phi) is 10.2. The largest absolute Gasteiger partial charge is 0.359 e. The zero-order valence-electron chi connectivity index (χ0n) is 14.2. The summed E-state index contributed by atoms with van der Waals surface area (Å²) in [6.45, 7) is 5.58. The topological polar surface area (TPSA) is 56.7 Å². The van der Waals surface area contributed by atoms with E-state index in [1.165, 1.54) is 4.88 Å². The molecule has 1 aromatic rings. The van der Waals surface area contributed by atoms with Gasteiger partial charge in [0.25, 0.3) is 0 Å². The Labute approximate surface area is 173 Å². The Bertz CT molecular complexity index is 544. The number of guanidine groups is 1. The Morgan fingerprint density at radius 2 is 2.17 bits per heavy atom. The van der Waals surface area contributed by atoms with Crippen molar-refractivity contribution < 1.29 is 4.79 Å². The minimum Gasteiger partial charge on any atom is -0.359 e. The molecule has 2 rings (SSSR count). The highest BCUT2D eigenvalue weighted by atomic mass is 127. The molecule has 136 valence electrons. The highest BCUT2D eigenvalue weighted by molar-refractivity contribution is 14.0. The summed E-state index contributed by atoms with van der Waals surface area (Å²) in [5.74, 6) is 1.62. The molecule has 1 saturated heterocycles. The van der Waals surface area contributed by atoms with Gasteiger partial charge in [-0.3, -0.25) is 4.79 Å². The maximum Gasteiger partial charge on any atom is 0.220 e. The second-order valence-corrected chi connectivity index (χ2v) is 7.62. The molecule has 0 spiro atoms. The molecule has 8 heteroatoms. The minimum atomic E-state index is 0. The van der Waals surface area contributed by atoms with Crippen LogP contribution < -0.4 is 10.6 Å². The van der Waals surface area contributed by atoms with E-state index >= 15 is 0 Å². The van der Waals surface area contributed by atoms with Crippen molar-refractivity contribution in [1.29, 1.82) is 0 Å². The molecule has 0 aliphatic carbocycles. The Morgan fingerprint density at radius 3 is 2.71 bits per heavy atom. The number of likely N-dealkylation sites (tertiary alicyclic amines) is 1. The summed E-state index contributed by atoms with van der Waals surface area (Å²) in [5, 5.41) is 8.19. The SMILES string of the molecule is CCNC(=NCc1cc(Br)cs1)N1CCC(CC(=O)NC)CC1.I. The average molecular weight is 529 g/mol. The van der Waals surface area contributed by atoms with E-state index in [0.29, 0.717) is 18.9 Å². The van der Waals surface area contributed by atoms with E-state index in [0.717, 1.165) is 42.9 Å². The number of rotatable bonds is 5. The lowest BCUT2D eigenvalue weighted by atomic mass is 9.93. The van der Waals surface area contributed by atoms with E-state index in [-0.39, 0.29) is 29.9 Å². The number of carbonyl (C=O) groups excluding carboxylic acids is 1. The molecule has 1 aromatic heterocycles. The molecule has 0 bridgehead atoms. The molecule has 24 heavy (non-hydrogen) atoms. The first-order valence-electron chi connectivity index (χ1n) is 8.09. The second-order valence-electron chi connectivity index (χ2n) is 5.71. The van der Waals surface area contributed by atoms with Crippen LogP contribution in [-0.4, -0.2) is 43.4 Å². The third-order valence-corrected chi connectivity index (χ3v) is 5.69. The maximum absolute atomic E-state index is 11.5. The molecule has 0 unspecified atom stereocenters. The van der Waals surface area contributed by atoms with Gasteiger partial charge in [0.05, 0.1) is 6.54 Å². The quantitative estimate of drug-likeness (QED) is 0.349. The lowest BCUT2D eigenvalue weighted by molar-refractivity contribution is -0.121. The van der Waals surface area contributed by atoms with Gasteiger partial charge in [-0.15, -0.1) is 35.3 Å². The first-order chi connectivity index (χ1) is 11.1. The first kappa shape index (κ1) is 21.7. The van der Waals surface area contributed by atoms with E-state index in [4.69, 9.17) is 4.99 Å². The predicted octanol–water partition coefficient (Wildman–Crippen LogP) is 3.44. The van der Waals surface area contributed by atoms with Crippen LogP contribution in [0.3, 0.4) is 0 Å². The van der Waals surface area contributed by atoms with E-state index < -0.39 is 0 Å². The number of amides is 1. The number of nitrogens with zero attached hydrogens (tertiary/aromatic N) is 2. The minimum absolute atomic E-state index is 0. The molecule has 2 N–H and O–H groups in total. The highest BCUT2D eigenvalue weighted by Crippen LogP contribution is 2.22. The fraction of sp³-hybridized carbons (Fsp3) is 0.625. The monoisotopic (exact) mass is 528 g/mol. The smallest absolute Gasteiger partial charge is 0.220 e. The zero-order valence-corrected chi connectivity index (χ0v) is 18.9. The van der Waals surface area contributed by atoms with Gasteiger partial charge in [-0.05, 0) is 47.7 Å². The zero-order chi connectivity index (χ0) is 16.7. The molecule has 1 aliphatic heterocycles.